The Labute approximate surface area is 188 Å². The molecule has 1 aliphatic carbocycles. The maximum atomic E-state index is 13.4. The van der Waals surface area contributed by atoms with Crippen molar-refractivity contribution in [3.05, 3.63) is 34.9 Å². The van der Waals surface area contributed by atoms with Crippen molar-refractivity contribution in [2.45, 2.75) is 83.2 Å². The van der Waals surface area contributed by atoms with Gasteiger partial charge in [0, 0.05) is 25.3 Å². The zero-order valence-electron chi connectivity index (χ0n) is 20.6. The third kappa shape index (κ3) is 4.99. The van der Waals surface area contributed by atoms with Crippen LogP contribution in [0, 0.1) is 0 Å². The number of rotatable bonds is 7. The molecule has 5 nitrogen and oxygen atoms in total. The molecule has 1 aliphatic rings. The summed E-state index contributed by atoms with van der Waals surface area (Å²) in [4.78, 5) is 13.4. The molecule has 0 aliphatic heterocycles. The standard InChI is InChI=1S/C25H39O5P/c1-23(2,3)19-16-18(22(28-7)20(17-19)24(4,5)6)12-13-21(26)25(14-10-11-15-25)31(27,29-8)30-9/h12-13,16-17H,10-11,14-15H2,1-9H3/b13-12+. The van der Waals surface area contributed by atoms with Gasteiger partial charge in [-0.3, -0.25) is 9.36 Å². The van der Waals surface area contributed by atoms with Crippen molar-refractivity contribution in [3.63, 3.8) is 0 Å². The minimum absolute atomic E-state index is 0.0622. The van der Waals surface area contributed by atoms with E-state index in [1.165, 1.54) is 25.9 Å². The van der Waals surface area contributed by atoms with Crippen LogP contribution in [0.5, 0.6) is 5.75 Å². The van der Waals surface area contributed by atoms with E-state index in [0.29, 0.717) is 12.8 Å². The van der Waals surface area contributed by atoms with Gasteiger partial charge in [0.05, 0.1) is 7.11 Å². The Morgan fingerprint density at radius 3 is 1.94 bits per heavy atom. The second-order valence-electron chi connectivity index (χ2n) is 10.4. The van der Waals surface area contributed by atoms with Crippen molar-refractivity contribution < 1.29 is 23.1 Å². The molecule has 0 spiro atoms. The van der Waals surface area contributed by atoms with Crippen molar-refractivity contribution in [3.8, 4) is 5.75 Å². The van der Waals surface area contributed by atoms with E-state index in [2.05, 4.69) is 53.7 Å². The van der Waals surface area contributed by atoms with Gasteiger partial charge in [-0.15, -0.1) is 0 Å². The molecule has 174 valence electrons. The van der Waals surface area contributed by atoms with Crippen LogP contribution in [0.25, 0.3) is 6.08 Å². The summed E-state index contributed by atoms with van der Waals surface area (Å²) >= 11 is 0. The Bertz CT molecular complexity index is 872. The van der Waals surface area contributed by atoms with Crippen LogP contribution in [0.15, 0.2) is 18.2 Å². The fraction of sp³-hybridized carbons (Fsp3) is 0.640. The number of methoxy groups -OCH3 is 1. The second-order valence-corrected chi connectivity index (χ2v) is 13.0. The normalized spacial score (nSPS) is 17.3. The molecule has 0 bridgehead atoms. The number of hydrogen-bond acceptors (Lipinski definition) is 5. The molecule has 0 N–H and O–H groups in total. The van der Waals surface area contributed by atoms with E-state index in [9.17, 15) is 9.36 Å². The predicted molar refractivity (Wildman–Crippen MR) is 127 cm³/mol. The first-order valence-electron chi connectivity index (χ1n) is 10.9. The molecule has 31 heavy (non-hydrogen) atoms. The van der Waals surface area contributed by atoms with E-state index in [1.807, 2.05) is 0 Å². The van der Waals surface area contributed by atoms with Gasteiger partial charge in [-0.2, -0.15) is 0 Å². The average Bonchev–Trinajstić information content (AvgIpc) is 3.20. The van der Waals surface area contributed by atoms with Crippen molar-refractivity contribution in [1.29, 1.82) is 0 Å². The predicted octanol–water partition coefficient (Wildman–Crippen LogP) is 6.67. The monoisotopic (exact) mass is 450 g/mol. The average molecular weight is 451 g/mol. The number of ketones is 1. The number of ether oxygens (including phenoxy) is 1. The Morgan fingerprint density at radius 2 is 1.52 bits per heavy atom. The first kappa shape index (κ1) is 25.8. The molecular weight excluding hydrogens is 411 g/mol. The van der Waals surface area contributed by atoms with Gasteiger partial charge < -0.3 is 13.8 Å². The van der Waals surface area contributed by atoms with E-state index in [0.717, 1.165) is 29.7 Å². The highest BCUT2D eigenvalue weighted by atomic mass is 31.2. The third-order valence-corrected chi connectivity index (χ3v) is 8.98. The van der Waals surface area contributed by atoms with Crippen LogP contribution in [-0.2, 0) is 29.2 Å². The smallest absolute Gasteiger partial charge is 0.343 e. The van der Waals surface area contributed by atoms with Gasteiger partial charge in [-0.05, 0) is 47.5 Å². The summed E-state index contributed by atoms with van der Waals surface area (Å²) in [7, 11) is 0.803. The molecule has 1 saturated carbocycles. The Balaban J connectivity index is 2.61. The lowest BCUT2D eigenvalue weighted by Crippen LogP contribution is -2.35. The zero-order chi connectivity index (χ0) is 23.7. The van der Waals surface area contributed by atoms with E-state index < -0.39 is 12.8 Å². The summed E-state index contributed by atoms with van der Waals surface area (Å²) in [6, 6.07) is 4.27. The van der Waals surface area contributed by atoms with Crippen LogP contribution in [0.1, 0.15) is 83.9 Å². The van der Waals surface area contributed by atoms with Crippen LogP contribution >= 0.6 is 7.60 Å². The fourth-order valence-corrected chi connectivity index (χ4v) is 6.41. The molecule has 1 aromatic rings. The number of hydrogen-bond donors (Lipinski definition) is 0. The van der Waals surface area contributed by atoms with Crippen molar-refractivity contribution >= 4 is 19.5 Å². The Morgan fingerprint density at radius 1 is 0.968 bits per heavy atom. The molecule has 2 rings (SSSR count). The van der Waals surface area contributed by atoms with Gasteiger partial charge >= 0.3 is 7.60 Å². The molecular formula is C25H39O5P. The highest BCUT2D eigenvalue weighted by Crippen LogP contribution is 2.65. The number of benzene rings is 1. The van der Waals surface area contributed by atoms with Gasteiger partial charge in [-0.1, -0.05) is 60.5 Å². The maximum Gasteiger partial charge on any atom is 0.343 e. The number of carbonyl (C=O) groups excluding carboxylic acids is 1. The molecule has 6 heteroatoms. The molecule has 0 atom stereocenters. The number of allylic oxidation sites excluding steroid dienone is 1. The number of carbonyl (C=O) groups is 1. The van der Waals surface area contributed by atoms with Gasteiger partial charge in [0.15, 0.2) is 5.78 Å². The van der Waals surface area contributed by atoms with Crippen LogP contribution in [0.3, 0.4) is 0 Å². The summed E-state index contributed by atoms with van der Waals surface area (Å²) in [6.07, 6.45) is 5.98. The second kappa shape index (κ2) is 9.21. The third-order valence-electron chi connectivity index (χ3n) is 6.30. The lowest BCUT2D eigenvalue weighted by molar-refractivity contribution is -0.117. The molecule has 0 amide bonds. The summed E-state index contributed by atoms with van der Waals surface area (Å²) in [5, 5.41) is -1.12. The topological polar surface area (TPSA) is 61.8 Å². The van der Waals surface area contributed by atoms with Gasteiger partial charge in [0.1, 0.15) is 10.9 Å². The minimum Gasteiger partial charge on any atom is -0.496 e. The Hall–Kier alpha value is -1.42. The highest BCUT2D eigenvalue weighted by Gasteiger charge is 2.56. The summed E-state index contributed by atoms with van der Waals surface area (Å²) < 4.78 is 29.6. The van der Waals surface area contributed by atoms with Crippen LogP contribution in [-0.4, -0.2) is 32.3 Å². The van der Waals surface area contributed by atoms with Crippen LogP contribution in [0.2, 0.25) is 0 Å². The van der Waals surface area contributed by atoms with E-state index in [-0.39, 0.29) is 16.6 Å². The minimum atomic E-state index is -3.56. The van der Waals surface area contributed by atoms with Crippen LogP contribution in [0.4, 0.5) is 0 Å². The lowest BCUT2D eigenvalue weighted by Gasteiger charge is -2.32. The molecule has 0 radical (unpaired) electrons. The highest BCUT2D eigenvalue weighted by molar-refractivity contribution is 7.56. The molecule has 1 fully saturated rings. The summed E-state index contributed by atoms with van der Waals surface area (Å²) in [5.41, 5.74) is 2.90. The first-order valence-corrected chi connectivity index (χ1v) is 12.5. The lowest BCUT2D eigenvalue weighted by atomic mass is 9.78. The summed E-state index contributed by atoms with van der Waals surface area (Å²) in [6.45, 7) is 13.0. The van der Waals surface area contributed by atoms with Crippen molar-refractivity contribution in [2.24, 2.45) is 0 Å². The van der Waals surface area contributed by atoms with Crippen LogP contribution < -0.4 is 4.74 Å². The van der Waals surface area contributed by atoms with Crippen molar-refractivity contribution in [2.75, 3.05) is 21.3 Å². The zero-order valence-corrected chi connectivity index (χ0v) is 21.5. The molecule has 0 heterocycles. The molecule has 0 unspecified atom stereocenters. The van der Waals surface area contributed by atoms with E-state index in [4.69, 9.17) is 13.8 Å². The molecule has 1 aromatic carbocycles. The van der Waals surface area contributed by atoms with Gasteiger partial charge in [-0.25, -0.2) is 0 Å². The maximum absolute atomic E-state index is 13.4. The van der Waals surface area contributed by atoms with E-state index in [1.54, 1.807) is 13.2 Å². The largest absolute Gasteiger partial charge is 0.496 e. The Kier molecular flexibility index (Phi) is 7.68. The molecule has 0 saturated heterocycles. The molecule has 0 aromatic heterocycles. The SMILES string of the molecule is COc1c(/C=C/C(=O)C2(P(=O)(OC)OC)CCCC2)cc(C(C)(C)C)cc1C(C)(C)C. The van der Waals surface area contributed by atoms with E-state index >= 15 is 0 Å². The van der Waals surface area contributed by atoms with Gasteiger partial charge in [0.2, 0.25) is 0 Å². The first-order chi connectivity index (χ1) is 14.3. The fourth-order valence-electron chi connectivity index (χ4n) is 4.35. The summed E-state index contributed by atoms with van der Waals surface area (Å²) in [5.74, 6) is 0.546. The van der Waals surface area contributed by atoms with Crippen molar-refractivity contribution in [1.82, 2.24) is 0 Å². The quantitative estimate of drug-likeness (QED) is 0.343. The van der Waals surface area contributed by atoms with Gasteiger partial charge in [0.25, 0.3) is 0 Å².